The van der Waals surface area contributed by atoms with Crippen LogP contribution in [-0.4, -0.2) is 10.5 Å². The van der Waals surface area contributed by atoms with Gasteiger partial charge < -0.3 is 5.32 Å². The summed E-state index contributed by atoms with van der Waals surface area (Å²) in [6, 6.07) is 10.3. The summed E-state index contributed by atoms with van der Waals surface area (Å²) in [5.41, 5.74) is 2.32. The maximum atomic E-state index is 4.67. The monoisotopic (exact) mass is 246 g/mol. The van der Waals surface area contributed by atoms with Crippen LogP contribution < -0.4 is 5.32 Å². The second kappa shape index (κ2) is 4.49. The second-order valence-electron chi connectivity index (χ2n) is 5.16. The first-order valence-corrected chi connectivity index (χ1v) is 6.58. The molecule has 3 heteroatoms. The number of hydrogen-bond acceptors (Lipinski definition) is 3. The molecule has 0 radical (unpaired) electrons. The summed E-state index contributed by atoms with van der Waals surface area (Å²) in [6.45, 7) is 8.55. The van der Waals surface area contributed by atoms with E-state index in [-0.39, 0.29) is 5.54 Å². The highest BCUT2D eigenvalue weighted by Crippen LogP contribution is 2.31. The molecule has 1 aromatic heterocycles. The first-order chi connectivity index (χ1) is 7.96. The lowest BCUT2D eigenvalue weighted by Crippen LogP contribution is -2.25. The number of rotatable bonds is 2. The lowest BCUT2D eigenvalue weighted by atomic mass is 10.1. The van der Waals surface area contributed by atoms with Crippen LogP contribution in [0.4, 0.5) is 5.13 Å². The van der Waals surface area contributed by atoms with Crippen LogP contribution in [0.1, 0.15) is 25.6 Å². The molecule has 90 valence electrons. The molecule has 0 bridgehead atoms. The summed E-state index contributed by atoms with van der Waals surface area (Å²) >= 11 is 1.71. The van der Waals surface area contributed by atoms with E-state index >= 15 is 0 Å². The lowest BCUT2D eigenvalue weighted by Gasteiger charge is -2.19. The molecule has 0 aliphatic rings. The Bertz CT molecular complexity index is 495. The van der Waals surface area contributed by atoms with Gasteiger partial charge in [-0.15, -0.1) is 11.3 Å². The predicted molar refractivity (Wildman–Crippen MR) is 75.7 cm³/mol. The number of aromatic nitrogens is 1. The minimum atomic E-state index is 0.0538. The van der Waals surface area contributed by atoms with Crippen molar-refractivity contribution in [1.29, 1.82) is 0 Å². The summed E-state index contributed by atoms with van der Waals surface area (Å²) in [6.07, 6.45) is 0. The average molecular weight is 246 g/mol. The zero-order valence-corrected chi connectivity index (χ0v) is 11.6. The van der Waals surface area contributed by atoms with Gasteiger partial charge in [-0.1, -0.05) is 30.3 Å². The van der Waals surface area contributed by atoms with Gasteiger partial charge in [0.2, 0.25) is 0 Å². The van der Waals surface area contributed by atoms with E-state index in [2.05, 4.69) is 50.1 Å². The van der Waals surface area contributed by atoms with Crippen molar-refractivity contribution in [2.75, 3.05) is 5.32 Å². The van der Waals surface area contributed by atoms with Crippen molar-refractivity contribution in [3.05, 3.63) is 35.2 Å². The molecule has 0 aliphatic heterocycles. The fourth-order valence-electron chi connectivity index (χ4n) is 1.63. The normalized spacial score (nSPS) is 11.5. The van der Waals surface area contributed by atoms with Crippen LogP contribution in [0.3, 0.4) is 0 Å². The van der Waals surface area contributed by atoms with Gasteiger partial charge >= 0.3 is 0 Å². The number of nitrogens with zero attached hydrogens (tertiary/aromatic N) is 1. The number of hydrogen-bond donors (Lipinski definition) is 1. The Morgan fingerprint density at radius 2 is 1.76 bits per heavy atom. The summed E-state index contributed by atoms with van der Waals surface area (Å²) in [4.78, 5) is 5.93. The molecule has 0 amide bonds. The number of benzene rings is 1. The number of aryl methyl sites for hydroxylation is 1. The van der Waals surface area contributed by atoms with Gasteiger partial charge in [-0.2, -0.15) is 0 Å². The van der Waals surface area contributed by atoms with Crippen molar-refractivity contribution in [3.8, 4) is 11.3 Å². The minimum absolute atomic E-state index is 0.0538. The van der Waals surface area contributed by atoms with Gasteiger partial charge in [0.15, 0.2) is 5.13 Å². The van der Waals surface area contributed by atoms with Gasteiger partial charge in [0.25, 0.3) is 0 Å². The van der Waals surface area contributed by atoms with Crippen molar-refractivity contribution in [2.24, 2.45) is 0 Å². The van der Waals surface area contributed by atoms with Gasteiger partial charge in [0, 0.05) is 16.0 Å². The van der Waals surface area contributed by atoms with Crippen molar-refractivity contribution in [3.63, 3.8) is 0 Å². The number of nitrogens with one attached hydrogen (secondary N) is 1. The molecule has 0 aliphatic carbocycles. The molecule has 0 saturated heterocycles. The summed E-state index contributed by atoms with van der Waals surface area (Å²) in [5, 5.41) is 4.41. The highest BCUT2D eigenvalue weighted by atomic mass is 32.1. The Morgan fingerprint density at radius 1 is 1.12 bits per heavy atom. The largest absolute Gasteiger partial charge is 0.357 e. The fraction of sp³-hybridized carbons (Fsp3) is 0.357. The van der Waals surface area contributed by atoms with Crippen LogP contribution in [-0.2, 0) is 0 Å². The van der Waals surface area contributed by atoms with Gasteiger partial charge in [-0.3, -0.25) is 0 Å². The van der Waals surface area contributed by atoms with Crippen LogP contribution in [0.25, 0.3) is 11.3 Å². The Morgan fingerprint density at radius 3 is 2.35 bits per heavy atom. The Kier molecular flexibility index (Phi) is 3.20. The zero-order valence-electron chi connectivity index (χ0n) is 10.7. The van der Waals surface area contributed by atoms with E-state index in [1.165, 1.54) is 10.4 Å². The minimum Gasteiger partial charge on any atom is -0.357 e. The molecule has 1 N–H and O–H groups in total. The molecule has 0 unspecified atom stereocenters. The number of thiazole rings is 1. The van der Waals surface area contributed by atoms with E-state index in [0.29, 0.717) is 0 Å². The van der Waals surface area contributed by atoms with Crippen LogP contribution in [0.2, 0.25) is 0 Å². The first kappa shape index (κ1) is 12.1. The molecule has 0 fully saturated rings. The Balaban J connectivity index is 2.32. The van der Waals surface area contributed by atoms with Crippen molar-refractivity contribution in [1.82, 2.24) is 4.98 Å². The smallest absolute Gasteiger partial charge is 0.183 e. The van der Waals surface area contributed by atoms with E-state index < -0.39 is 0 Å². The molecule has 1 heterocycles. The van der Waals surface area contributed by atoms with E-state index in [4.69, 9.17) is 0 Å². The topological polar surface area (TPSA) is 24.9 Å². The molecule has 2 nitrogen and oxygen atoms in total. The Hall–Kier alpha value is -1.35. The van der Waals surface area contributed by atoms with Crippen LogP contribution in [0.5, 0.6) is 0 Å². The third-order valence-electron chi connectivity index (χ3n) is 2.33. The third kappa shape index (κ3) is 3.07. The first-order valence-electron chi connectivity index (χ1n) is 5.77. The highest BCUT2D eigenvalue weighted by molar-refractivity contribution is 7.16. The highest BCUT2D eigenvalue weighted by Gasteiger charge is 2.14. The van der Waals surface area contributed by atoms with Crippen molar-refractivity contribution >= 4 is 16.5 Å². The third-order valence-corrected chi connectivity index (χ3v) is 3.21. The number of anilines is 1. The van der Waals surface area contributed by atoms with E-state index in [9.17, 15) is 0 Å². The molecular weight excluding hydrogens is 228 g/mol. The molecule has 1 aromatic carbocycles. The molecule has 0 spiro atoms. The quantitative estimate of drug-likeness (QED) is 0.853. The van der Waals surface area contributed by atoms with E-state index in [0.717, 1.165) is 10.8 Å². The maximum absolute atomic E-state index is 4.67. The zero-order chi connectivity index (χ0) is 12.5. The van der Waals surface area contributed by atoms with Crippen molar-refractivity contribution in [2.45, 2.75) is 33.2 Å². The standard InChI is InChI=1S/C14H18N2S/c1-10-12(11-8-6-5-7-9-11)15-13(17-10)16-14(2,3)4/h5-9H,1-4H3,(H,15,16). The predicted octanol–water partition coefficient (Wildman–Crippen LogP) is 4.33. The molecule has 0 saturated carbocycles. The molecule has 2 aromatic rings. The lowest BCUT2D eigenvalue weighted by molar-refractivity contribution is 0.633. The van der Waals surface area contributed by atoms with Gasteiger partial charge in [-0.25, -0.2) is 4.98 Å². The van der Waals surface area contributed by atoms with Crippen LogP contribution in [0.15, 0.2) is 30.3 Å². The molecule has 0 atom stereocenters. The molecular formula is C14H18N2S. The van der Waals surface area contributed by atoms with Gasteiger partial charge in [0.05, 0.1) is 5.69 Å². The fourth-order valence-corrected chi connectivity index (χ4v) is 2.68. The van der Waals surface area contributed by atoms with Crippen molar-refractivity contribution < 1.29 is 0 Å². The molecule has 2 rings (SSSR count). The maximum Gasteiger partial charge on any atom is 0.183 e. The molecule has 17 heavy (non-hydrogen) atoms. The average Bonchev–Trinajstić information content (AvgIpc) is 2.58. The summed E-state index contributed by atoms with van der Waals surface area (Å²) < 4.78 is 0. The van der Waals surface area contributed by atoms with Crippen LogP contribution >= 0.6 is 11.3 Å². The van der Waals surface area contributed by atoms with E-state index in [1.54, 1.807) is 11.3 Å². The van der Waals surface area contributed by atoms with Gasteiger partial charge in [-0.05, 0) is 27.7 Å². The second-order valence-corrected chi connectivity index (χ2v) is 6.37. The van der Waals surface area contributed by atoms with Crippen LogP contribution in [0, 0.1) is 6.92 Å². The summed E-state index contributed by atoms with van der Waals surface area (Å²) in [5.74, 6) is 0. The SMILES string of the molecule is Cc1sc(NC(C)(C)C)nc1-c1ccccc1. The van der Waals surface area contributed by atoms with Gasteiger partial charge in [0.1, 0.15) is 0 Å². The summed E-state index contributed by atoms with van der Waals surface area (Å²) in [7, 11) is 0. The Labute approximate surface area is 107 Å². The van der Waals surface area contributed by atoms with E-state index in [1.807, 2.05) is 18.2 Å².